The topological polar surface area (TPSA) is 87.6 Å². The predicted octanol–water partition coefficient (Wildman–Crippen LogP) is 10.0. The first-order valence-electron chi connectivity index (χ1n) is 17.7. The summed E-state index contributed by atoms with van der Waals surface area (Å²) in [6.07, 6.45) is 10.9. The first-order valence-corrected chi connectivity index (χ1v) is 20.8. The molecule has 1 aliphatic heterocycles. The van der Waals surface area contributed by atoms with Crippen molar-refractivity contribution >= 4 is 48.6 Å². The van der Waals surface area contributed by atoms with Crippen LogP contribution in [0.3, 0.4) is 0 Å². The highest BCUT2D eigenvalue weighted by Crippen LogP contribution is 2.42. The Morgan fingerprint density at radius 3 is 2.44 bits per heavy atom. The highest BCUT2D eigenvalue weighted by molar-refractivity contribution is 9.10. The highest BCUT2D eigenvalue weighted by atomic mass is 79.9. The largest absolute Gasteiger partial charge is 0.268 e. The summed E-state index contributed by atoms with van der Waals surface area (Å²) in [5.41, 5.74) is 2.01. The lowest BCUT2D eigenvalue weighted by atomic mass is 9.78. The Morgan fingerprint density at radius 2 is 1.65 bits per heavy atom. The van der Waals surface area contributed by atoms with E-state index in [1.54, 1.807) is 52.8 Å². The minimum atomic E-state index is -4.04. The van der Waals surface area contributed by atoms with E-state index in [0.29, 0.717) is 40.3 Å². The van der Waals surface area contributed by atoms with Crippen molar-refractivity contribution in [2.45, 2.75) is 65.7 Å². The lowest BCUT2D eigenvalue weighted by Crippen LogP contribution is -2.25. The second kappa shape index (κ2) is 14.0. The van der Waals surface area contributed by atoms with Crippen LogP contribution in [0.2, 0.25) is 0 Å². The van der Waals surface area contributed by atoms with Crippen molar-refractivity contribution in [3.05, 3.63) is 154 Å². The van der Waals surface area contributed by atoms with E-state index in [2.05, 4.69) is 61.0 Å². The molecular weight excluding hydrogens is 803 g/mol. The van der Waals surface area contributed by atoms with Crippen molar-refractivity contribution in [3.63, 3.8) is 0 Å². The summed E-state index contributed by atoms with van der Waals surface area (Å²) < 4.78 is 65.4. The second-order valence-electron chi connectivity index (χ2n) is 14.7. The van der Waals surface area contributed by atoms with Crippen molar-refractivity contribution in [1.29, 1.82) is 0 Å². The molecule has 8 rings (SSSR count). The summed E-state index contributed by atoms with van der Waals surface area (Å²) >= 11 is 4.77. The quantitative estimate of drug-likeness (QED) is 0.165. The maximum Gasteiger partial charge on any atom is 0.268 e. The van der Waals surface area contributed by atoms with E-state index in [4.69, 9.17) is 15.2 Å². The van der Waals surface area contributed by atoms with Gasteiger partial charge in [0.25, 0.3) is 10.0 Å². The lowest BCUT2D eigenvalue weighted by molar-refractivity contribution is 0.519. The van der Waals surface area contributed by atoms with Crippen LogP contribution in [0.5, 0.6) is 0 Å². The maximum absolute atomic E-state index is 16.6. The average molecular weight is 840 g/mol. The molecule has 0 fully saturated rings. The van der Waals surface area contributed by atoms with Crippen molar-refractivity contribution < 1.29 is 17.2 Å². The van der Waals surface area contributed by atoms with Gasteiger partial charge in [0, 0.05) is 40.3 Å². The van der Waals surface area contributed by atoms with Gasteiger partial charge in [0.05, 0.1) is 39.0 Å². The monoisotopic (exact) mass is 838 g/mol. The average Bonchev–Trinajstić information content (AvgIpc) is 3.92. The van der Waals surface area contributed by atoms with Gasteiger partial charge in [-0.25, -0.2) is 30.8 Å². The van der Waals surface area contributed by atoms with Gasteiger partial charge in [0.15, 0.2) is 11.6 Å². The van der Waals surface area contributed by atoms with Crippen LogP contribution >= 0.6 is 27.7 Å². The van der Waals surface area contributed by atoms with Gasteiger partial charge < -0.3 is 0 Å². The van der Waals surface area contributed by atoms with E-state index < -0.39 is 27.1 Å². The zero-order valence-electron chi connectivity index (χ0n) is 30.5. The molecule has 55 heavy (non-hydrogen) atoms. The molecule has 0 saturated carbocycles. The summed E-state index contributed by atoms with van der Waals surface area (Å²) in [7, 11) is -2.29. The number of aryl methyl sites for hydroxylation is 1. The fourth-order valence-corrected chi connectivity index (χ4v) is 9.88. The van der Waals surface area contributed by atoms with Crippen molar-refractivity contribution in [2.75, 3.05) is 0 Å². The summed E-state index contributed by atoms with van der Waals surface area (Å²) in [5, 5.41) is 10.1. The molecule has 3 aromatic heterocycles. The van der Waals surface area contributed by atoms with Crippen LogP contribution in [0, 0.1) is 11.6 Å². The number of allylic oxidation sites excluding steroid dienone is 2. The third-order valence-electron chi connectivity index (χ3n) is 10.4. The third-order valence-corrected chi connectivity index (χ3v) is 13.8. The van der Waals surface area contributed by atoms with E-state index in [1.165, 1.54) is 30.5 Å². The van der Waals surface area contributed by atoms with Gasteiger partial charge in [0.1, 0.15) is 11.6 Å². The van der Waals surface area contributed by atoms with E-state index in [-0.39, 0.29) is 32.8 Å². The molecule has 6 bridgehead atoms. The molecule has 1 aliphatic rings. The number of aromatic nitrogens is 6. The normalized spacial score (nSPS) is 17.9. The Balaban J connectivity index is 1.32. The highest BCUT2D eigenvalue weighted by Gasteiger charge is 2.34. The zero-order valence-corrected chi connectivity index (χ0v) is 33.8. The van der Waals surface area contributed by atoms with Crippen molar-refractivity contribution in [2.24, 2.45) is 7.05 Å². The van der Waals surface area contributed by atoms with Crippen LogP contribution in [-0.2, 0) is 34.4 Å². The number of rotatable bonds is 3. The first-order chi connectivity index (χ1) is 26.2. The van der Waals surface area contributed by atoms with Crippen LogP contribution in [0.4, 0.5) is 8.78 Å². The molecule has 4 aromatic carbocycles. The molecule has 13 heteroatoms. The van der Waals surface area contributed by atoms with Gasteiger partial charge in [0.2, 0.25) is 0 Å². The Hall–Kier alpha value is -4.85. The molecule has 0 spiro atoms. The molecule has 1 unspecified atom stereocenters. The second-order valence-corrected chi connectivity index (χ2v) is 18.5. The summed E-state index contributed by atoms with van der Waals surface area (Å²) in [4.78, 5) is 5.91. The summed E-state index contributed by atoms with van der Waals surface area (Å²) in [6, 6.07) is 23.7. The number of nitrogens with zero attached hydrogens (tertiary/aromatic N) is 6. The predicted molar refractivity (Wildman–Crippen MR) is 215 cm³/mol. The zero-order chi connectivity index (χ0) is 38.7. The number of hydrogen-bond acceptors (Lipinski definition) is 6. The first kappa shape index (κ1) is 37.1. The van der Waals surface area contributed by atoms with Gasteiger partial charge >= 0.3 is 0 Å². The number of benzene rings is 4. The minimum absolute atomic E-state index is 0.0904. The SMILES string of the molecule is Cn1nc2nc1-c1cc(ccc1F)Sc1c(F)cc3c(ccn3S(=O)(=O)c3ccccc3)c1Cn1cc(cn1)C(C)(C)C/C=C\CC2(C)c1cccc(Br)c1. The van der Waals surface area contributed by atoms with Crippen LogP contribution in [0.25, 0.3) is 22.3 Å². The fourth-order valence-electron chi connectivity index (χ4n) is 7.11. The molecule has 7 aromatic rings. The Labute approximate surface area is 331 Å². The number of halogens is 3. The maximum atomic E-state index is 16.6. The molecule has 0 saturated heterocycles. The molecule has 8 nitrogen and oxygen atoms in total. The Morgan fingerprint density at radius 1 is 0.873 bits per heavy atom. The van der Waals surface area contributed by atoms with E-state index in [9.17, 15) is 8.42 Å². The molecular formula is C42H37BrF2N6O2S2. The molecule has 0 aliphatic carbocycles. The van der Waals surface area contributed by atoms with E-state index >= 15 is 8.78 Å². The molecule has 0 N–H and O–H groups in total. The van der Waals surface area contributed by atoms with Gasteiger partial charge in [-0.3, -0.25) is 4.68 Å². The molecule has 1 atom stereocenters. The Bertz CT molecular complexity index is 2740. The van der Waals surface area contributed by atoms with E-state index in [0.717, 1.165) is 31.3 Å². The van der Waals surface area contributed by atoms with Gasteiger partial charge in [-0.15, -0.1) is 0 Å². The summed E-state index contributed by atoms with van der Waals surface area (Å²) in [6.45, 7) is 6.55. The molecule has 0 amide bonds. The van der Waals surface area contributed by atoms with Crippen molar-refractivity contribution in [1.82, 2.24) is 28.5 Å². The molecule has 0 radical (unpaired) electrons. The smallest absolute Gasteiger partial charge is 0.268 e. The fraction of sp³-hybridized carbons (Fsp3) is 0.214. The van der Waals surface area contributed by atoms with Gasteiger partial charge in [-0.05, 0) is 90.4 Å². The standard InChI is InChI=1S/C42H37BrF2N6O2S2/c1-41(2)18-8-9-19-42(3,27-11-10-12-29(43)21-27)40-47-39(49(4)48-40)33-22-30(15-16-35(33)44)54-38-34(26-50-25-28(41)24-46-50)32-17-20-51(37(32)23-36(38)45)55(52,53)31-13-6-5-7-14-31/h5-17,20-25H,18-19,26H2,1-4H3/b9-8-. The van der Waals surface area contributed by atoms with Crippen LogP contribution in [0.1, 0.15) is 56.1 Å². The van der Waals surface area contributed by atoms with Gasteiger partial charge in [-0.1, -0.05) is 84.0 Å². The molecule has 4 heterocycles. The van der Waals surface area contributed by atoms with Crippen LogP contribution in [-0.4, -0.2) is 36.9 Å². The Kier molecular flexibility index (Phi) is 9.46. The number of hydrogen-bond donors (Lipinski definition) is 0. The minimum Gasteiger partial charge on any atom is -0.268 e. The lowest BCUT2D eigenvalue weighted by Gasteiger charge is -2.27. The summed E-state index contributed by atoms with van der Waals surface area (Å²) in [5.74, 6) is -0.234. The van der Waals surface area contributed by atoms with Crippen LogP contribution in [0.15, 0.2) is 135 Å². The number of fused-ring (bicyclic) bond motifs is 10. The van der Waals surface area contributed by atoms with Gasteiger partial charge in [-0.2, -0.15) is 10.2 Å². The molecule has 280 valence electrons. The third kappa shape index (κ3) is 6.76. The van der Waals surface area contributed by atoms with Crippen LogP contribution < -0.4 is 0 Å². The van der Waals surface area contributed by atoms with Crippen molar-refractivity contribution in [3.8, 4) is 11.4 Å². The van der Waals surface area contributed by atoms with E-state index in [1.807, 2.05) is 24.5 Å².